The van der Waals surface area contributed by atoms with Gasteiger partial charge in [0.05, 0.1) is 0 Å². The summed E-state index contributed by atoms with van der Waals surface area (Å²) < 4.78 is 41.1. The molecule has 0 heterocycles. The fourth-order valence-corrected chi connectivity index (χ4v) is 1.19. The lowest BCUT2D eigenvalue weighted by Crippen LogP contribution is -2.34. The number of rotatable bonds is 4. The summed E-state index contributed by atoms with van der Waals surface area (Å²) >= 11 is 0. The van der Waals surface area contributed by atoms with Crippen LogP contribution >= 0.6 is 0 Å². The first-order valence-electron chi connectivity index (χ1n) is 5.01. The van der Waals surface area contributed by atoms with Gasteiger partial charge in [0.2, 0.25) is 0 Å². The van der Waals surface area contributed by atoms with Crippen LogP contribution in [-0.2, 0) is 6.54 Å². The van der Waals surface area contributed by atoms with Gasteiger partial charge < -0.3 is 15.6 Å². The lowest BCUT2D eigenvalue weighted by molar-refractivity contribution is -0.210. The topological polar surface area (TPSA) is 55.5 Å². The molecule has 6 heteroatoms. The van der Waals surface area contributed by atoms with Gasteiger partial charge >= 0.3 is 6.18 Å². The average molecular weight is 249 g/mol. The van der Waals surface area contributed by atoms with E-state index in [0.29, 0.717) is 11.3 Å². The third-order valence-corrected chi connectivity index (χ3v) is 2.26. The van der Waals surface area contributed by atoms with Crippen molar-refractivity contribution in [3.63, 3.8) is 0 Å². The molecule has 0 aromatic heterocycles. The Kier molecular flexibility index (Phi) is 4.36. The molecule has 1 atom stereocenters. The van der Waals surface area contributed by atoms with Crippen LogP contribution in [0.5, 0.6) is 5.75 Å². The quantitative estimate of drug-likeness (QED) is 0.854. The Hall–Kier alpha value is -1.27. The zero-order chi connectivity index (χ0) is 13.1. The first kappa shape index (κ1) is 13.8. The first-order chi connectivity index (χ1) is 7.84. The highest BCUT2D eigenvalue weighted by Gasteiger charge is 2.38. The predicted molar refractivity (Wildman–Crippen MR) is 56.6 cm³/mol. The number of halogens is 3. The molecule has 0 spiro atoms. The van der Waals surface area contributed by atoms with Crippen LogP contribution in [0, 0.1) is 6.92 Å². The molecule has 0 bridgehead atoms. The molecule has 1 rings (SSSR count). The Morgan fingerprint density at radius 2 is 2.06 bits per heavy atom. The molecule has 1 aromatic rings. The first-order valence-corrected chi connectivity index (χ1v) is 5.01. The largest absolute Gasteiger partial charge is 0.490 e. The fraction of sp³-hybridized carbons (Fsp3) is 0.455. The number of nitrogens with two attached hydrogens (primary N) is 1. The van der Waals surface area contributed by atoms with Gasteiger partial charge in [0.25, 0.3) is 0 Å². The van der Waals surface area contributed by atoms with Gasteiger partial charge in [-0.05, 0) is 24.1 Å². The molecule has 0 radical (unpaired) electrons. The van der Waals surface area contributed by atoms with Crippen molar-refractivity contribution in [2.24, 2.45) is 5.73 Å². The summed E-state index contributed by atoms with van der Waals surface area (Å²) in [5.74, 6) is 0.302. The zero-order valence-electron chi connectivity index (χ0n) is 9.29. The summed E-state index contributed by atoms with van der Waals surface area (Å²) in [6.45, 7) is 1.16. The van der Waals surface area contributed by atoms with Gasteiger partial charge in [-0.1, -0.05) is 12.1 Å². The third-order valence-electron chi connectivity index (χ3n) is 2.26. The predicted octanol–water partition coefficient (Wildman–Crippen LogP) is 1.76. The number of ether oxygens (including phenoxy) is 1. The van der Waals surface area contributed by atoms with Gasteiger partial charge in [-0.2, -0.15) is 13.2 Å². The van der Waals surface area contributed by atoms with Crippen LogP contribution in [0.25, 0.3) is 0 Å². The molecule has 96 valence electrons. The number of aliphatic hydroxyl groups excluding tert-OH is 1. The fourth-order valence-electron chi connectivity index (χ4n) is 1.19. The second kappa shape index (κ2) is 5.37. The Balaban J connectivity index is 2.69. The Morgan fingerprint density at radius 1 is 1.41 bits per heavy atom. The highest BCUT2D eigenvalue weighted by atomic mass is 19.4. The van der Waals surface area contributed by atoms with Gasteiger partial charge in [0.1, 0.15) is 12.4 Å². The molecular weight excluding hydrogens is 235 g/mol. The third kappa shape index (κ3) is 3.90. The molecular formula is C11H14F3NO2. The maximum atomic E-state index is 12.0. The molecule has 0 fully saturated rings. The monoisotopic (exact) mass is 249 g/mol. The zero-order valence-corrected chi connectivity index (χ0v) is 9.29. The summed E-state index contributed by atoms with van der Waals surface area (Å²) in [7, 11) is 0. The van der Waals surface area contributed by atoms with E-state index in [4.69, 9.17) is 15.6 Å². The van der Waals surface area contributed by atoms with Crippen molar-refractivity contribution in [1.82, 2.24) is 0 Å². The van der Waals surface area contributed by atoms with Crippen LogP contribution in [-0.4, -0.2) is 24.0 Å². The minimum absolute atomic E-state index is 0.276. The molecule has 0 saturated heterocycles. The molecule has 3 N–H and O–H groups in total. The molecule has 3 nitrogen and oxygen atoms in total. The van der Waals surface area contributed by atoms with Crippen molar-refractivity contribution in [1.29, 1.82) is 0 Å². The lowest BCUT2D eigenvalue weighted by atomic mass is 10.1. The smallest absolute Gasteiger partial charge is 0.417 e. The molecule has 17 heavy (non-hydrogen) atoms. The maximum absolute atomic E-state index is 12.0. The highest BCUT2D eigenvalue weighted by Crippen LogP contribution is 2.23. The van der Waals surface area contributed by atoms with Crippen LogP contribution in [0.3, 0.4) is 0 Å². The van der Waals surface area contributed by atoms with E-state index in [9.17, 15) is 13.2 Å². The maximum Gasteiger partial charge on any atom is 0.417 e. The van der Waals surface area contributed by atoms with Crippen LogP contribution in [0.4, 0.5) is 13.2 Å². The number of aliphatic hydroxyl groups is 1. The molecule has 0 saturated carbocycles. The van der Waals surface area contributed by atoms with E-state index in [1.54, 1.807) is 25.1 Å². The summed E-state index contributed by atoms with van der Waals surface area (Å²) in [4.78, 5) is 0. The van der Waals surface area contributed by atoms with Crippen molar-refractivity contribution in [3.8, 4) is 5.75 Å². The van der Waals surface area contributed by atoms with Gasteiger partial charge in [0.15, 0.2) is 6.10 Å². The summed E-state index contributed by atoms with van der Waals surface area (Å²) in [6, 6.07) is 5.04. The van der Waals surface area contributed by atoms with Crippen molar-refractivity contribution >= 4 is 0 Å². The van der Waals surface area contributed by atoms with Crippen molar-refractivity contribution in [2.45, 2.75) is 25.7 Å². The summed E-state index contributed by atoms with van der Waals surface area (Å²) in [5, 5.41) is 8.79. The number of hydrogen-bond donors (Lipinski definition) is 2. The van der Waals surface area contributed by atoms with E-state index in [1.165, 1.54) is 0 Å². The molecule has 0 aliphatic heterocycles. The van der Waals surface area contributed by atoms with E-state index in [1.807, 2.05) is 0 Å². The number of alkyl halides is 3. The Bertz CT molecular complexity index is 379. The second-order valence-corrected chi connectivity index (χ2v) is 3.67. The van der Waals surface area contributed by atoms with Crippen LogP contribution in [0.2, 0.25) is 0 Å². The van der Waals surface area contributed by atoms with Gasteiger partial charge in [-0.3, -0.25) is 0 Å². The van der Waals surface area contributed by atoms with E-state index in [-0.39, 0.29) is 6.54 Å². The van der Waals surface area contributed by atoms with E-state index in [0.717, 1.165) is 5.56 Å². The van der Waals surface area contributed by atoms with Crippen LogP contribution < -0.4 is 10.5 Å². The Morgan fingerprint density at radius 3 is 2.59 bits per heavy atom. The van der Waals surface area contributed by atoms with Crippen molar-refractivity contribution < 1.29 is 23.0 Å². The standard InChI is InChI=1S/C11H14F3NO2/c1-7-2-3-8(5-15)4-9(7)17-6-10(16)11(12,13)14/h2-4,10,16H,5-6,15H2,1H3. The van der Waals surface area contributed by atoms with Gasteiger partial charge in [-0.15, -0.1) is 0 Å². The van der Waals surface area contributed by atoms with E-state index in [2.05, 4.69) is 0 Å². The van der Waals surface area contributed by atoms with E-state index < -0.39 is 18.9 Å². The molecule has 0 aliphatic carbocycles. The molecule has 1 unspecified atom stereocenters. The average Bonchev–Trinajstić information content (AvgIpc) is 2.26. The van der Waals surface area contributed by atoms with Crippen molar-refractivity contribution in [3.05, 3.63) is 29.3 Å². The van der Waals surface area contributed by atoms with Crippen LogP contribution in [0.1, 0.15) is 11.1 Å². The van der Waals surface area contributed by atoms with E-state index >= 15 is 0 Å². The summed E-state index contributed by atoms with van der Waals surface area (Å²) in [6.07, 6.45) is -7.15. The van der Waals surface area contributed by atoms with Crippen molar-refractivity contribution in [2.75, 3.05) is 6.61 Å². The Labute approximate surface area is 97.0 Å². The number of hydrogen-bond acceptors (Lipinski definition) is 3. The molecule has 0 amide bonds. The SMILES string of the molecule is Cc1ccc(CN)cc1OCC(O)C(F)(F)F. The van der Waals surface area contributed by atoms with Crippen LogP contribution in [0.15, 0.2) is 18.2 Å². The second-order valence-electron chi connectivity index (χ2n) is 3.67. The normalized spacial score (nSPS) is 13.5. The number of benzene rings is 1. The molecule has 0 aliphatic rings. The minimum Gasteiger partial charge on any atom is -0.490 e. The lowest BCUT2D eigenvalue weighted by Gasteiger charge is -2.16. The highest BCUT2D eigenvalue weighted by molar-refractivity contribution is 5.36. The molecule has 1 aromatic carbocycles. The van der Waals surface area contributed by atoms with Gasteiger partial charge in [-0.25, -0.2) is 0 Å². The van der Waals surface area contributed by atoms with Gasteiger partial charge in [0, 0.05) is 6.54 Å². The minimum atomic E-state index is -4.67. The summed E-state index contributed by atoms with van der Waals surface area (Å²) in [5.41, 5.74) is 6.86. The number of aryl methyl sites for hydroxylation is 1.